The number of methoxy groups -OCH3 is 1. The van der Waals surface area contributed by atoms with Crippen LogP contribution in [-0.2, 0) is 6.42 Å². The van der Waals surface area contributed by atoms with Crippen LogP contribution in [0.3, 0.4) is 0 Å². The smallest absolute Gasteiger partial charge is 0.124 e. The number of nitrogens with one attached hydrogen (secondary N) is 1. The van der Waals surface area contributed by atoms with E-state index in [9.17, 15) is 0 Å². The zero-order chi connectivity index (χ0) is 15.2. The maximum absolute atomic E-state index is 5.47. The summed E-state index contributed by atoms with van der Waals surface area (Å²) >= 11 is 0. The Balaban J connectivity index is 2.30. The van der Waals surface area contributed by atoms with Crippen molar-refractivity contribution >= 4 is 0 Å². The van der Waals surface area contributed by atoms with E-state index in [-0.39, 0.29) is 0 Å². The van der Waals surface area contributed by atoms with Gasteiger partial charge in [0.25, 0.3) is 0 Å². The van der Waals surface area contributed by atoms with Gasteiger partial charge in [-0.2, -0.15) is 0 Å². The minimum Gasteiger partial charge on any atom is -0.496 e. The molecule has 2 aromatic rings. The molecule has 0 bridgehead atoms. The van der Waals surface area contributed by atoms with Gasteiger partial charge in [0.1, 0.15) is 5.75 Å². The van der Waals surface area contributed by atoms with Gasteiger partial charge in [-0.05, 0) is 49.1 Å². The molecule has 112 valence electrons. The lowest BCUT2D eigenvalue weighted by atomic mass is 9.95. The van der Waals surface area contributed by atoms with Crippen molar-refractivity contribution in [2.45, 2.75) is 33.2 Å². The van der Waals surface area contributed by atoms with Crippen LogP contribution in [0, 0.1) is 13.8 Å². The molecular formula is C19H25NO. The van der Waals surface area contributed by atoms with Crippen LogP contribution in [0.1, 0.15) is 35.2 Å². The van der Waals surface area contributed by atoms with E-state index in [0.29, 0.717) is 6.04 Å². The number of benzene rings is 2. The standard InChI is InChI=1S/C19H25NO/c1-5-20-18(13-16-9-7-6-8-10-16)17-11-14(2)19(21-4)15(3)12-17/h6-12,18,20H,5,13H2,1-4H3. The minimum atomic E-state index is 0.334. The van der Waals surface area contributed by atoms with Gasteiger partial charge in [0.05, 0.1) is 7.11 Å². The van der Waals surface area contributed by atoms with E-state index < -0.39 is 0 Å². The van der Waals surface area contributed by atoms with Gasteiger partial charge in [0, 0.05) is 6.04 Å². The fraction of sp³-hybridized carbons (Fsp3) is 0.368. The Labute approximate surface area is 128 Å². The lowest BCUT2D eigenvalue weighted by Crippen LogP contribution is -2.23. The SMILES string of the molecule is CCNC(Cc1ccccc1)c1cc(C)c(OC)c(C)c1. The van der Waals surface area contributed by atoms with E-state index in [1.807, 2.05) is 0 Å². The molecule has 0 aliphatic carbocycles. The number of aryl methyl sites for hydroxylation is 2. The molecule has 0 fully saturated rings. The molecule has 0 saturated carbocycles. The summed E-state index contributed by atoms with van der Waals surface area (Å²) in [6.45, 7) is 7.34. The molecule has 1 atom stereocenters. The van der Waals surface area contributed by atoms with Gasteiger partial charge in [0.15, 0.2) is 0 Å². The number of likely N-dealkylation sites (N-methyl/N-ethyl adjacent to an activating group) is 1. The van der Waals surface area contributed by atoms with Crippen molar-refractivity contribution in [1.29, 1.82) is 0 Å². The van der Waals surface area contributed by atoms with Gasteiger partial charge < -0.3 is 10.1 Å². The second-order valence-electron chi connectivity index (χ2n) is 5.49. The van der Waals surface area contributed by atoms with Crippen LogP contribution in [0.5, 0.6) is 5.75 Å². The van der Waals surface area contributed by atoms with Crippen molar-refractivity contribution in [2.75, 3.05) is 13.7 Å². The third kappa shape index (κ3) is 3.85. The summed E-state index contributed by atoms with van der Waals surface area (Å²) in [6.07, 6.45) is 1.000. The molecule has 0 amide bonds. The van der Waals surface area contributed by atoms with Crippen LogP contribution in [0.2, 0.25) is 0 Å². The highest BCUT2D eigenvalue weighted by atomic mass is 16.5. The Morgan fingerprint density at radius 3 is 2.19 bits per heavy atom. The lowest BCUT2D eigenvalue weighted by molar-refractivity contribution is 0.408. The molecule has 2 rings (SSSR count). The average Bonchev–Trinajstić information content (AvgIpc) is 2.47. The predicted molar refractivity (Wildman–Crippen MR) is 89.0 cm³/mol. The van der Waals surface area contributed by atoms with Gasteiger partial charge >= 0.3 is 0 Å². The predicted octanol–water partition coefficient (Wildman–Crippen LogP) is 4.21. The Bertz CT molecular complexity index is 554. The highest BCUT2D eigenvalue weighted by molar-refractivity contribution is 5.44. The molecule has 0 spiro atoms. The molecule has 1 N–H and O–H groups in total. The van der Waals surface area contributed by atoms with Crippen LogP contribution in [0.25, 0.3) is 0 Å². The zero-order valence-corrected chi connectivity index (χ0v) is 13.4. The van der Waals surface area contributed by atoms with Crippen LogP contribution in [0.4, 0.5) is 0 Å². The zero-order valence-electron chi connectivity index (χ0n) is 13.4. The third-order valence-electron chi connectivity index (χ3n) is 3.82. The molecule has 21 heavy (non-hydrogen) atoms. The highest BCUT2D eigenvalue weighted by Gasteiger charge is 2.14. The molecular weight excluding hydrogens is 258 g/mol. The Morgan fingerprint density at radius 2 is 1.67 bits per heavy atom. The van der Waals surface area contributed by atoms with Crippen LogP contribution in [-0.4, -0.2) is 13.7 Å². The van der Waals surface area contributed by atoms with E-state index in [0.717, 1.165) is 18.7 Å². The van der Waals surface area contributed by atoms with Crippen molar-refractivity contribution in [1.82, 2.24) is 5.32 Å². The van der Waals surface area contributed by atoms with Crippen molar-refractivity contribution in [3.63, 3.8) is 0 Å². The summed E-state index contributed by atoms with van der Waals surface area (Å²) in [5.74, 6) is 0.994. The van der Waals surface area contributed by atoms with Gasteiger partial charge in [-0.1, -0.05) is 49.4 Å². The van der Waals surface area contributed by atoms with Gasteiger partial charge in [0.2, 0.25) is 0 Å². The van der Waals surface area contributed by atoms with Gasteiger partial charge in [-0.15, -0.1) is 0 Å². The molecule has 2 aromatic carbocycles. The molecule has 1 unspecified atom stereocenters. The summed E-state index contributed by atoms with van der Waals surface area (Å²) in [4.78, 5) is 0. The fourth-order valence-corrected chi connectivity index (χ4v) is 2.91. The lowest BCUT2D eigenvalue weighted by Gasteiger charge is -2.21. The summed E-state index contributed by atoms with van der Waals surface area (Å²) in [6, 6.07) is 15.4. The third-order valence-corrected chi connectivity index (χ3v) is 3.82. The van der Waals surface area contributed by atoms with Gasteiger partial charge in [-0.3, -0.25) is 0 Å². The first-order valence-electron chi connectivity index (χ1n) is 7.58. The first kappa shape index (κ1) is 15.6. The molecule has 0 aliphatic rings. The molecule has 2 heteroatoms. The second-order valence-corrected chi connectivity index (χ2v) is 5.49. The number of ether oxygens (including phenoxy) is 1. The second kappa shape index (κ2) is 7.28. The largest absolute Gasteiger partial charge is 0.496 e. The fourth-order valence-electron chi connectivity index (χ4n) is 2.91. The molecule has 0 saturated heterocycles. The van der Waals surface area contributed by atoms with Crippen molar-refractivity contribution in [2.24, 2.45) is 0 Å². The molecule has 0 heterocycles. The topological polar surface area (TPSA) is 21.3 Å². The van der Waals surface area contributed by atoms with E-state index in [2.05, 4.69) is 68.6 Å². The molecule has 2 nitrogen and oxygen atoms in total. The van der Waals surface area contributed by atoms with E-state index in [1.165, 1.54) is 22.3 Å². The summed E-state index contributed by atoms with van der Waals surface area (Å²) in [5, 5.41) is 3.60. The normalized spacial score (nSPS) is 12.2. The van der Waals surface area contributed by atoms with Crippen molar-refractivity contribution in [3.8, 4) is 5.75 Å². The average molecular weight is 283 g/mol. The first-order valence-corrected chi connectivity index (χ1v) is 7.58. The van der Waals surface area contributed by atoms with Crippen molar-refractivity contribution < 1.29 is 4.74 Å². The van der Waals surface area contributed by atoms with E-state index in [4.69, 9.17) is 4.74 Å². The number of rotatable bonds is 6. The highest BCUT2D eigenvalue weighted by Crippen LogP contribution is 2.28. The summed E-state index contributed by atoms with van der Waals surface area (Å²) in [7, 11) is 1.74. The first-order chi connectivity index (χ1) is 10.2. The number of hydrogen-bond donors (Lipinski definition) is 1. The molecule has 0 aliphatic heterocycles. The monoisotopic (exact) mass is 283 g/mol. The number of hydrogen-bond acceptors (Lipinski definition) is 2. The molecule has 0 aromatic heterocycles. The Kier molecular flexibility index (Phi) is 5.40. The summed E-state index contributed by atoms with van der Waals surface area (Å²) in [5.41, 5.74) is 5.08. The van der Waals surface area contributed by atoms with E-state index >= 15 is 0 Å². The van der Waals surface area contributed by atoms with Crippen LogP contribution >= 0.6 is 0 Å². The van der Waals surface area contributed by atoms with Crippen LogP contribution < -0.4 is 10.1 Å². The maximum Gasteiger partial charge on any atom is 0.124 e. The Hall–Kier alpha value is -1.80. The minimum absolute atomic E-state index is 0.334. The van der Waals surface area contributed by atoms with Crippen molar-refractivity contribution in [3.05, 3.63) is 64.7 Å². The van der Waals surface area contributed by atoms with E-state index in [1.54, 1.807) is 7.11 Å². The molecule has 0 radical (unpaired) electrons. The summed E-state index contributed by atoms with van der Waals surface area (Å²) < 4.78 is 5.47. The van der Waals surface area contributed by atoms with Gasteiger partial charge in [-0.25, -0.2) is 0 Å². The quantitative estimate of drug-likeness (QED) is 0.857. The van der Waals surface area contributed by atoms with Crippen LogP contribution in [0.15, 0.2) is 42.5 Å². The Morgan fingerprint density at radius 1 is 1.05 bits per heavy atom. The maximum atomic E-state index is 5.47.